The van der Waals surface area contributed by atoms with Gasteiger partial charge in [0.1, 0.15) is 11.5 Å². The maximum Gasteiger partial charge on any atom is 0.280 e. The predicted octanol–water partition coefficient (Wildman–Crippen LogP) is 3.88. The molecule has 8 heteroatoms. The maximum absolute atomic E-state index is 13.2. The highest BCUT2D eigenvalue weighted by molar-refractivity contribution is 5.84. The first-order valence-corrected chi connectivity index (χ1v) is 7.24. The van der Waals surface area contributed by atoms with Gasteiger partial charge in [0.05, 0.1) is 11.3 Å². The number of nitrogen functional groups attached to an aromatic ring is 1. The fourth-order valence-corrected chi connectivity index (χ4v) is 2.50. The number of hydrogen-bond acceptors (Lipinski definition) is 5. The number of nitrogens with two attached hydrogens (primary N) is 1. The second kappa shape index (κ2) is 6.39. The average molecular weight is 346 g/mol. The van der Waals surface area contributed by atoms with Crippen LogP contribution >= 0.6 is 0 Å². The van der Waals surface area contributed by atoms with E-state index < -0.39 is 23.8 Å². The van der Waals surface area contributed by atoms with Crippen LogP contribution in [-0.4, -0.2) is 20.1 Å². The monoisotopic (exact) mass is 346 g/mol. The van der Waals surface area contributed by atoms with Gasteiger partial charge in [-0.25, -0.2) is 18.2 Å². The summed E-state index contributed by atoms with van der Waals surface area (Å²) >= 11 is 0. The lowest BCUT2D eigenvalue weighted by atomic mass is 9.99. The summed E-state index contributed by atoms with van der Waals surface area (Å²) in [6.45, 7) is 1.56. The van der Waals surface area contributed by atoms with Crippen LogP contribution in [0.4, 0.5) is 19.1 Å². The highest BCUT2D eigenvalue weighted by Gasteiger charge is 2.20. The van der Waals surface area contributed by atoms with Crippen molar-refractivity contribution in [3.63, 3.8) is 0 Å². The minimum atomic E-state index is -2.77. The van der Waals surface area contributed by atoms with Crippen LogP contribution in [0.2, 0.25) is 0 Å². The molecule has 25 heavy (non-hydrogen) atoms. The number of aryl methyl sites for hydroxylation is 1. The smallest absolute Gasteiger partial charge is 0.280 e. The molecule has 0 aliphatic heterocycles. The Labute approximate surface area is 141 Å². The molecular weight excluding hydrogens is 333 g/mol. The van der Waals surface area contributed by atoms with E-state index in [2.05, 4.69) is 15.0 Å². The van der Waals surface area contributed by atoms with Gasteiger partial charge in [-0.3, -0.25) is 4.98 Å². The third-order valence-corrected chi connectivity index (χ3v) is 3.51. The zero-order chi connectivity index (χ0) is 18.1. The number of hydrogen-bond donors (Lipinski definition) is 2. The number of halogens is 3. The highest BCUT2D eigenvalue weighted by Crippen LogP contribution is 2.38. The van der Waals surface area contributed by atoms with Gasteiger partial charge in [-0.05, 0) is 48.9 Å². The standard InChI is InChI=1S/C17H13F3N4O/c1-8-6-10(7-12(22-8)15(19)20)13-14(23-17(21)24-16(13)25)9-2-4-11(18)5-3-9/h2-7,15H,1H3,(H3,21,23,24,25). The number of benzene rings is 1. The summed E-state index contributed by atoms with van der Waals surface area (Å²) in [5.41, 5.74) is 6.54. The second-order valence-corrected chi connectivity index (χ2v) is 5.36. The zero-order valence-electron chi connectivity index (χ0n) is 13.0. The molecule has 0 unspecified atom stereocenters. The van der Waals surface area contributed by atoms with Gasteiger partial charge in [-0.15, -0.1) is 0 Å². The minimum absolute atomic E-state index is 0.119. The summed E-state index contributed by atoms with van der Waals surface area (Å²) < 4.78 is 39.3. The molecule has 2 heterocycles. The molecule has 0 aliphatic carbocycles. The van der Waals surface area contributed by atoms with Gasteiger partial charge in [0, 0.05) is 11.3 Å². The van der Waals surface area contributed by atoms with Crippen molar-refractivity contribution in [3.8, 4) is 28.3 Å². The van der Waals surface area contributed by atoms with Crippen molar-refractivity contribution in [2.24, 2.45) is 0 Å². The summed E-state index contributed by atoms with van der Waals surface area (Å²) in [4.78, 5) is 11.6. The summed E-state index contributed by atoms with van der Waals surface area (Å²) in [5, 5.41) is 10.2. The van der Waals surface area contributed by atoms with Crippen LogP contribution < -0.4 is 5.73 Å². The average Bonchev–Trinajstić information content (AvgIpc) is 2.54. The normalized spacial score (nSPS) is 11.1. The van der Waals surface area contributed by atoms with Crippen LogP contribution in [0.5, 0.6) is 5.88 Å². The molecule has 0 saturated heterocycles. The Morgan fingerprint density at radius 1 is 1.00 bits per heavy atom. The molecular formula is C17H13F3N4O. The van der Waals surface area contributed by atoms with Crippen molar-refractivity contribution >= 4 is 5.95 Å². The van der Waals surface area contributed by atoms with E-state index in [1.54, 1.807) is 6.92 Å². The fraction of sp³-hybridized carbons (Fsp3) is 0.118. The van der Waals surface area contributed by atoms with E-state index in [9.17, 15) is 18.3 Å². The van der Waals surface area contributed by atoms with Crippen molar-refractivity contribution in [2.45, 2.75) is 13.3 Å². The number of alkyl halides is 2. The van der Waals surface area contributed by atoms with Gasteiger partial charge in [-0.1, -0.05) is 0 Å². The number of anilines is 1. The molecule has 2 aromatic heterocycles. The molecule has 0 amide bonds. The van der Waals surface area contributed by atoms with Gasteiger partial charge in [0.25, 0.3) is 6.43 Å². The Kier molecular flexibility index (Phi) is 4.26. The summed E-state index contributed by atoms with van der Waals surface area (Å²) in [6.07, 6.45) is -2.77. The summed E-state index contributed by atoms with van der Waals surface area (Å²) in [7, 11) is 0. The molecule has 0 bridgehead atoms. The van der Waals surface area contributed by atoms with Gasteiger partial charge in [-0.2, -0.15) is 4.98 Å². The number of rotatable bonds is 3. The van der Waals surface area contributed by atoms with Crippen molar-refractivity contribution in [1.82, 2.24) is 15.0 Å². The first-order chi connectivity index (χ1) is 11.8. The van der Waals surface area contributed by atoms with E-state index in [1.807, 2.05) is 0 Å². The molecule has 5 nitrogen and oxygen atoms in total. The third-order valence-electron chi connectivity index (χ3n) is 3.51. The molecule has 0 radical (unpaired) electrons. The SMILES string of the molecule is Cc1cc(-c2c(O)nc(N)nc2-c2ccc(F)cc2)cc(C(F)F)n1. The Morgan fingerprint density at radius 3 is 2.32 bits per heavy atom. The molecule has 128 valence electrons. The van der Waals surface area contributed by atoms with Crippen LogP contribution in [0.15, 0.2) is 36.4 Å². The van der Waals surface area contributed by atoms with Crippen LogP contribution in [0, 0.1) is 12.7 Å². The van der Waals surface area contributed by atoms with Crippen molar-refractivity contribution < 1.29 is 18.3 Å². The lowest BCUT2D eigenvalue weighted by Crippen LogP contribution is -2.01. The lowest BCUT2D eigenvalue weighted by Gasteiger charge is -2.13. The summed E-state index contributed by atoms with van der Waals surface area (Å²) in [5.74, 6) is -1.10. The number of nitrogens with zero attached hydrogens (tertiary/aromatic N) is 3. The van der Waals surface area contributed by atoms with Crippen molar-refractivity contribution in [3.05, 3.63) is 53.6 Å². The zero-order valence-corrected chi connectivity index (χ0v) is 13.0. The highest BCUT2D eigenvalue weighted by atomic mass is 19.3. The van der Waals surface area contributed by atoms with E-state index in [1.165, 1.54) is 30.3 Å². The molecule has 0 spiro atoms. The quantitative estimate of drug-likeness (QED) is 0.752. The Morgan fingerprint density at radius 2 is 1.68 bits per heavy atom. The van der Waals surface area contributed by atoms with Gasteiger partial charge < -0.3 is 10.8 Å². The van der Waals surface area contributed by atoms with E-state index in [0.717, 1.165) is 6.07 Å². The van der Waals surface area contributed by atoms with Crippen molar-refractivity contribution in [2.75, 3.05) is 5.73 Å². The van der Waals surface area contributed by atoms with Crippen LogP contribution in [0.25, 0.3) is 22.4 Å². The first kappa shape index (κ1) is 16.7. The van der Waals surface area contributed by atoms with E-state index >= 15 is 0 Å². The largest absolute Gasteiger partial charge is 0.493 e. The van der Waals surface area contributed by atoms with Crippen LogP contribution in [-0.2, 0) is 0 Å². The molecule has 0 aliphatic rings. The van der Waals surface area contributed by atoms with E-state index in [4.69, 9.17) is 5.73 Å². The van der Waals surface area contributed by atoms with Crippen LogP contribution in [0.1, 0.15) is 17.8 Å². The lowest BCUT2D eigenvalue weighted by molar-refractivity contribution is 0.146. The maximum atomic E-state index is 13.2. The first-order valence-electron chi connectivity index (χ1n) is 7.24. The van der Waals surface area contributed by atoms with Gasteiger partial charge in [0.15, 0.2) is 0 Å². The van der Waals surface area contributed by atoms with Crippen LogP contribution in [0.3, 0.4) is 0 Å². The minimum Gasteiger partial charge on any atom is -0.493 e. The Hall–Kier alpha value is -3.16. The van der Waals surface area contributed by atoms with E-state index in [0.29, 0.717) is 11.3 Å². The topological polar surface area (TPSA) is 84.9 Å². The predicted molar refractivity (Wildman–Crippen MR) is 86.4 cm³/mol. The number of aromatic hydroxyl groups is 1. The molecule has 0 fully saturated rings. The van der Waals surface area contributed by atoms with Gasteiger partial charge in [0.2, 0.25) is 11.8 Å². The Balaban J connectivity index is 2.28. The molecule has 0 atom stereocenters. The van der Waals surface area contributed by atoms with Gasteiger partial charge >= 0.3 is 0 Å². The molecule has 0 saturated carbocycles. The fourth-order valence-electron chi connectivity index (χ4n) is 2.50. The van der Waals surface area contributed by atoms with E-state index in [-0.39, 0.29) is 22.8 Å². The molecule has 1 aromatic carbocycles. The van der Waals surface area contributed by atoms with Crippen molar-refractivity contribution in [1.29, 1.82) is 0 Å². The Bertz CT molecular complexity index is 930. The molecule has 3 N–H and O–H groups in total. The summed E-state index contributed by atoms with van der Waals surface area (Å²) in [6, 6.07) is 8.00. The number of aromatic nitrogens is 3. The second-order valence-electron chi connectivity index (χ2n) is 5.36. The molecule has 3 aromatic rings. The molecule has 3 rings (SSSR count). The third kappa shape index (κ3) is 3.37. The number of pyridine rings is 1.